The number of benzene rings is 2. The van der Waals surface area contributed by atoms with E-state index in [0.29, 0.717) is 38.2 Å². The van der Waals surface area contributed by atoms with Crippen molar-refractivity contribution in [1.29, 1.82) is 0 Å². The van der Waals surface area contributed by atoms with E-state index in [9.17, 15) is 9.90 Å². The average molecular weight is 472 g/mol. The summed E-state index contributed by atoms with van der Waals surface area (Å²) in [6.45, 7) is 2.23. The lowest BCUT2D eigenvalue weighted by Crippen LogP contribution is -2.17. The van der Waals surface area contributed by atoms with Gasteiger partial charge in [-0.1, -0.05) is 0 Å². The minimum Gasteiger partial charge on any atom is -0.503 e. The van der Waals surface area contributed by atoms with Crippen LogP contribution in [0.25, 0.3) is 0 Å². The number of hydrazone groups is 1. The van der Waals surface area contributed by atoms with E-state index in [4.69, 9.17) is 9.47 Å². The number of amides is 1. The maximum atomic E-state index is 12.1. The van der Waals surface area contributed by atoms with Gasteiger partial charge in [0, 0.05) is 15.6 Å². The molecule has 0 aromatic heterocycles. The van der Waals surface area contributed by atoms with Gasteiger partial charge in [0.1, 0.15) is 5.75 Å². The number of nitrogens with one attached hydrogen (secondary N) is 1. The Morgan fingerprint density at radius 1 is 1.28 bits per heavy atom. The van der Waals surface area contributed by atoms with E-state index >= 15 is 0 Å². The van der Waals surface area contributed by atoms with Crippen molar-refractivity contribution in [3.63, 3.8) is 0 Å². The van der Waals surface area contributed by atoms with Gasteiger partial charge in [0.05, 0.1) is 24.4 Å². The molecule has 0 aliphatic carbocycles. The molecule has 0 heterocycles. The Kier molecular flexibility index (Phi) is 6.83. The summed E-state index contributed by atoms with van der Waals surface area (Å²) in [5.41, 5.74) is 3.53. The molecule has 0 spiro atoms. The number of carbonyl (C=O) groups excluding carboxylic acids is 1. The van der Waals surface area contributed by atoms with Crippen LogP contribution in [0.15, 0.2) is 44.4 Å². The molecule has 0 radical (unpaired) electrons. The van der Waals surface area contributed by atoms with E-state index in [0.717, 1.165) is 0 Å². The van der Waals surface area contributed by atoms with E-state index < -0.39 is 0 Å². The number of ether oxygens (including phenoxy) is 2. The first-order valence-electron chi connectivity index (χ1n) is 7.29. The van der Waals surface area contributed by atoms with Gasteiger partial charge in [0.15, 0.2) is 11.5 Å². The van der Waals surface area contributed by atoms with Crippen LogP contribution in [-0.4, -0.2) is 30.9 Å². The number of carbonyl (C=O) groups is 1. The van der Waals surface area contributed by atoms with Crippen molar-refractivity contribution in [2.24, 2.45) is 5.10 Å². The van der Waals surface area contributed by atoms with Gasteiger partial charge < -0.3 is 14.6 Å². The monoisotopic (exact) mass is 470 g/mol. The van der Waals surface area contributed by atoms with E-state index in [1.165, 1.54) is 6.21 Å². The molecule has 0 unspecified atom stereocenters. The first kappa shape index (κ1) is 19.3. The third kappa shape index (κ3) is 4.73. The fraction of sp³-hybridized carbons (Fsp3) is 0.176. The Morgan fingerprint density at radius 2 is 1.96 bits per heavy atom. The first-order chi connectivity index (χ1) is 12.0. The summed E-state index contributed by atoms with van der Waals surface area (Å²) < 4.78 is 11.5. The van der Waals surface area contributed by atoms with Gasteiger partial charge in [-0.05, 0) is 69.1 Å². The summed E-state index contributed by atoms with van der Waals surface area (Å²) >= 11 is 6.65. The minimum atomic E-state index is -0.349. The second-order valence-electron chi connectivity index (χ2n) is 4.80. The Labute approximate surface area is 162 Å². The van der Waals surface area contributed by atoms with Gasteiger partial charge in [0.25, 0.3) is 5.91 Å². The average Bonchev–Trinajstić information content (AvgIpc) is 2.63. The van der Waals surface area contributed by atoms with Crippen LogP contribution in [0.4, 0.5) is 0 Å². The van der Waals surface area contributed by atoms with Crippen LogP contribution < -0.4 is 14.9 Å². The summed E-state index contributed by atoms with van der Waals surface area (Å²) in [4.78, 5) is 12.1. The lowest BCUT2D eigenvalue weighted by atomic mass is 10.2. The quantitative estimate of drug-likeness (QED) is 0.491. The Morgan fingerprint density at radius 3 is 2.56 bits per heavy atom. The minimum absolute atomic E-state index is 0.00635. The third-order valence-corrected chi connectivity index (χ3v) is 5.35. The molecule has 8 heteroatoms. The standard InChI is InChI=1S/C17H16Br2N2O4/c1-3-25-13-8-11(14(18)15(19)16(13)22)9-20-21-17(23)10-4-6-12(24-2)7-5-10/h4-9,22H,3H2,1-2H3,(H,21,23)/b20-9-. The molecule has 2 rings (SSSR count). The number of hydrogen-bond donors (Lipinski definition) is 2. The van der Waals surface area contributed by atoms with Crippen molar-refractivity contribution in [2.45, 2.75) is 6.92 Å². The summed E-state index contributed by atoms with van der Waals surface area (Å²) in [5, 5.41) is 14.0. The molecule has 2 aromatic rings. The lowest BCUT2D eigenvalue weighted by molar-refractivity contribution is 0.0955. The SMILES string of the molecule is CCOc1cc(/C=N\NC(=O)c2ccc(OC)cc2)c(Br)c(Br)c1O. The zero-order valence-electron chi connectivity index (χ0n) is 13.5. The second-order valence-corrected chi connectivity index (χ2v) is 6.39. The predicted molar refractivity (Wildman–Crippen MR) is 103 cm³/mol. The van der Waals surface area contributed by atoms with Crippen LogP contribution in [0, 0.1) is 0 Å². The Bertz CT molecular complexity index is 792. The maximum absolute atomic E-state index is 12.1. The molecule has 0 saturated carbocycles. The van der Waals surface area contributed by atoms with Gasteiger partial charge in [-0.2, -0.15) is 5.10 Å². The Balaban J connectivity index is 2.14. The normalized spacial score (nSPS) is 10.7. The molecule has 0 bridgehead atoms. The fourth-order valence-corrected chi connectivity index (χ4v) is 2.77. The maximum Gasteiger partial charge on any atom is 0.271 e. The number of hydrogen-bond acceptors (Lipinski definition) is 5. The van der Waals surface area contributed by atoms with Crippen molar-refractivity contribution in [3.8, 4) is 17.2 Å². The highest BCUT2D eigenvalue weighted by Crippen LogP contribution is 2.41. The summed E-state index contributed by atoms with van der Waals surface area (Å²) in [6, 6.07) is 8.30. The molecule has 0 atom stereocenters. The molecule has 132 valence electrons. The predicted octanol–water partition coefficient (Wildman–Crippen LogP) is 4.09. The van der Waals surface area contributed by atoms with Crippen molar-refractivity contribution in [3.05, 3.63) is 50.4 Å². The van der Waals surface area contributed by atoms with Crippen molar-refractivity contribution < 1.29 is 19.4 Å². The molecule has 25 heavy (non-hydrogen) atoms. The zero-order chi connectivity index (χ0) is 18.4. The van der Waals surface area contributed by atoms with Gasteiger partial charge in [0.2, 0.25) is 0 Å². The van der Waals surface area contributed by atoms with E-state index in [1.54, 1.807) is 37.4 Å². The molecular weight excluding hydrogens is 456 g/mol. The summed E-state index contributed by atoms with van der Waals surface area (Å²) in [5.74, 6) is 0.632. The topological polar surface area (TPSA) is 80.2 Å². The smallest absolute Gasteiger partial charge is 0.271 e. The third-order valence-electron chi connectivity index (χ3n) is 3.20. The molecule has 2 N–H and O–H groups in total. The van der Waals surface area contributed by atoms with Gasteiger partial charge in [-0.25, -0.2) is 5.43 Å². The van der Waals surface area contributed by atoms with E-state index in [1.807, 2.05) is 6.92 Å². The van der Waals surface area contributed by atoms with E-state index in [2.05, 4.69) is 42.4 Å². The van der Waals surface area contributed by atoms with Gasteiger partial charge in [-0.15, -0.1) is 0 Å². The Hall–Kier alpha value is -2.06. The molecule has 0 saturated heterocycles. The van der Waals surface area contributed by atoms with E-state index in [-0.39, 0.29) is 11.7 Å². The number of aromatic hydroxyl groups is 1. The summed E-state index contributed by atoms with van der Waals surface area (Å²) in [6.07, 6.45) is 1.46. The molecule has 0 aliphatic rings. The highest BCUT2D eigenvalue weighted by molar-refractivity contribution is 9.13. The van der Waals surface area contributed by atoms with Crippen LogP contribution in [0.5, 0.6) is 17.2 Å². The molecule has 2 aromatic carbocycles. The van der Waals surface area contributed by atoms with Crippen molar-refractivity contribution >= 4 is 44.0 Å². The molecule has 0 fully saturated rings. The number of halogens is 2. The highest BCUT2D eigenvalue weighted by atomic mass is 79.9. The van der Waals surface area contributed by atoms with Crippen LogP contribution >= 0.6 is 31.9 Å². The van der Waals surface area contributed by atoms with Crippen LogP contribution in [-0.2, 0) is 0 Å². The second kappa shape index (κ2) is 8.87. The zero-order valence-corrected chi connectivity index (χ0v) is 16.7. The fourth-order valence-electron chi connectivity index (χ4n) is 1.94. The van der Waals surface area contributed by atoms with Crippen LogP contribution in [0.3, 0.4) is 0 Å². The molecule has 6 nitrogen and oxygen atoms in total. The largest absolute Gasteiger partial charge is 0.503 e. The molecular formula is C17H16Br2N2O4. The van der Waals surface area contributed by atoms with Crippen LogP contribution in [0.2, 0.25) is 0 Å². The first-order valence-corrected chi connectivity index (χ1v) is 8.87. The van der Waals surface area contributed by atoms with Gasteiger partial charge >= 0.3 is 0 Å². The summed E-state index contributed by atoms with van der Waals surface area (Å²) in [7, 11) is 1.56. The highest BCUT2D eigenvalue weighted by Gasteiger charge is 2.14. The van der Waals surface area contributed by atoms with Crippen LogP contribution in [0.1, 0.15) is 22.8 Å². The molecule has 0 aliphatic heterocycles. The van der Waals surface area contributed by atoms with Crippen molar-refractivity contribution in [1.82, 2.24) is 5.43 Å². The van der Waals surface area contributed by atoms with Crippen molar-refractivity contribution in [2.75, 3.05) is 13.7 Å². The van der Waals surface area contributed by atoms with Gasteiger partial charge in [-0.3, -0.25) is 4.79 Å². The lowest BCUT2D eigenvalue weighted by Gasteiger charge is -2.10. The number of methoxy groups -OCH3 is 1. The number of phenols is 1. The molecule has 1 amide bonds. The number of phenolic OH excluding ortho intramolecular Hbond substituents is 1. The number of rotatable bonds is 6. The number of nitrogens with zero attached hydrogens (tertiary/aromatic N) is 1.